The predicted octanol–water partition coefficient (Wildman–Crippen LogP) is 4.32. The van der Waals surface area contributed by atoms with Crippen molar-refractivity contribution in [2.75, 3.05) is 33.0 Å². The van der Waals surface area contributed by atoms with Crippen LogP contribution in [-0.4, -0.2) is 55.1 Å². The van der Waals surface area contributed by atoms with Gasteiger partial charge in [0, 0.05) is 39.4 Å². The Kier molecular flexibility index (Phi) is 5.46. The van der Waals surface area contributed by atoms with Crippen LogP contribution in [0, 0.1) is 0 Å². The van der Waals surface area contributed by atoms with Gasteiger partial charge < -0.3 is 23.8 Å². The van der Waals surface area contributed by atoms with Crippen molar-refractivity contribution in [3.05, 3.63) is 69.9 Å². The summed E-state index contributed by atoms with van der Waals surface area (Å²) in [6.45, 7) is 0.722. The molecule has 4 heterocycles. The molecule has 190 valence electrons. The van der Waals surface area contributed by atoms with E-state index in [0.717, 1.165) is 49.7 Å². The van der Waals surface area contributed by atoms with Crippen molar-refractivity contribution >= 4 is 70.7 Å². The summed E-state index contributed by atoms with van der Waals surface area (Å²) < 4.78 is 42.6. The third kappa shape index (κ3) is 4.31. The molecule has 1 aliphatic heterocycles. The number of anilines is 1. The quantitative estimate of drug-likeness (QED) is 0.227. The number of fused-ring (bicyclic) bond motifs is 3. The van der Waals surface area contributed by atoms with Gasteiger partial charge in [0.1, 0.15) is 15.9 Å². The molecule has 37 heavy (non-hydrogen) atoms. The van der Waals surface area contributed by atoms with Crippen LogP contribution in [0.3, 0.4) is 0 Å². The Labute approximate surface area is 221 Å². The molecular weight excluding hydrogens is 558 g/mol. The second-order valence-corrected chi connectivity index (χ2v) is 12.7. The fourth-order valence-electron chi connectivity index (χ4n) is 5.31. The van der Waals surface area contributed by atoms with Crippen molar-refractivity contribution in [3.63, 3.8) is 0 Å². The fourth-order valence-corrected chi connectivity index (χ4v) is 6.09. The third-order valence-corrected chi connectivity index (χ3v) is 7.72. The molecule has 1 atom stereocenters. The molecule has 3 aromatic heterocycles. The second-order valence-electron chi connectivity index (χ2n) is 10.4. The van der Waals surface area contributed by atoms with E-state index in [4.69, 9.17) is 4.42 Å². The van der Waals surface area contributed by atoms with E-state index in [2.05, 4.69) is 63.4 Å². The highest BCUT2D eigenvalue weighted by Crippen LogP contribution is 2.44. The number of halogens is 1. The molecule has 0 saturated carbocycles. The van der Waals surface area contributed by atoms with Crippen LogP contribution in [0.2, 0.25) is 0 Å². The van der Waals surface area contributed by atoms with Crippen molar-refractivity contribution in [1.29, 1.82) is 0 Å². The van der Waals surface area contributed by atoms with Crippen LogP contribution in [-0.2, 0) is 15.9 Å². The zero-order chi connectivity index (χ0) is 26.1. The van der Waals surface area contributed by atoms with E-state index in [1.54, 1.807) is 6.20 Å². The minimum absolute atomic E-state index is 0.119. The first-order valence-corrected chi connectivity index (χ1v) is 14.1. The zero-order valence-electron chi connectivity index (χ0n) is 20.4. The van der Waals surface area contributed by atoms with E-state index in [0.29, 0.717) is 21.1 Å². The summed E-state index contributed by atoms with van der Waals surface area (Å²) in [7, 11) is 1.82. The number of H-pyrrole nitrogens is 2. The van der Waals surface area contributed by atoms with Crippen LogP contribution in [0.25, 0.3) is 39.0 Å². The normalized spacial score (nSPS) is 14.5. The molecule has 0 aliphatic carbocycles. The number of aromatic amines is 2. The number of oxazole rings is 1. The van der Waals surface area contributed by atoms with Crippen LogP contribution in [0.15, 0.2) is 51.7 Å². The molecule has 6 rings (SSSR count). The van der Waals surface area contributed by atoms with Crippen molar-refractivity contribution in [3.8, 4) is 0 Å². The summed E-state index contributed by atoms with van der Waals surface area (Å²) >= 11 is 3.56. The van der Waals surface area contributed by atoms with Gasteiger partial charge in [0.15, 0.2) is 17.3 Å². The third-order valence-electron chi connectivity index (χ3n) is 6.63. The SMILES string of the molecule is C[N+](C)(C)C[C@@H](c1c[nH]c2cc(Br)ccc12)c1c2c3c(cc[nH+]c3c3nc(CS(=O)(=O)[O-])oc13)NC=C2. The molecule has 0 amide bonds. The van der Waals surface area contributed by atoms with Crippen LogP contribution < -0.4 is 10.3 Å². The lowest BCUT2D eigenvalue weighted by molar-refractivity contribution is -0.871. The van der Waals surface area contributed by atoms with Gasteiger partial charge in [0.2, 0.25) is 11.4 Å². The van der Waals surface area contributed by atoms with Gasteiger partial charge in [-0.05, 0) is 29.3 Å². The lowest BCUT2D eigenvalue weighted by Crippen LogP contribution is -2.39. The number of hydrogen-bond donors (Lipinski definition) is 2. The smallest absolute Gasteiger partial charge is 0.243 e. The van der Waals surface area contributed by atoms with E-state index in [1.807, 2.05) is 36.7 Å². The van der Waals surface area contributed by atoms with Crippen LogP contribution in [0.4, 0.5) is 5.69 Å². The highest BCUT2D eigenvalue weighted by Gasteiger charge is 2.34. The fraction of sp³-hybridized carbons (Fsp3) is 0.231. The number of likely N-dealkylation sites (N-methyl/N-ethyl adjacent to an activating group) is 1. The summed E-state index contributed by atoms with van der Waals surface area (Å²) in [6, 6.07) is 8.10. The molecule has 9 nitrogen and oxygen atoms in total. The number of nitrogens with one attached hydrogen (secondary N) is 3. The maximum atomic E-state index is 11.6. The summed E-state index contributed by atoms with van der Waals surface area (Å²) in [6.07, 6.45) is 7.73. The van der Waals surface area contributed by atoms with E-state index >= 15 is 0 Å². The Morgan fingerprint density at radius 3 is 2.81 bits per heavy atom. The number of hydrogen-bond acceptors (Lipinski definition) is 6. The largest absolute Gasteiger partial charge is 0.748 e. The predicted molar refractivity (Wildman–Crippen MR) is 145 cm³/mol. The number of rotatable bonds is 6. The first kappa shape index (κ1) is 24.1. The van der Waals surface area contributed by atoms with Crippen molar-refractivity contribution in [2.24, 2.45) is 0 Å². The van der Waals surface area contributed by atoms with Gasteiger partial charge in [-0.15, -0.1) is 0 Å². The summed E-state index contributed by atoms with van der Waals surface area (Å²) in [5.74, 6) is -1.07. The molecule has 5 aromatic rings. The topological polar surface area (TPSA) is 125 Å². The molecule has 0 radical (unpaired) electrons. The first-order chi connectivity index (χ1) is 17.5. The number of benzene rings is 2. The zero-order valence-corrected chi connectivity index (χ0v) is 22.8. The second kappa shape index (κ2) is 8.38. The Balaban J connectivity index is 1.73. The van der Waals surface area contributed by atoms with Gasteiger partial charge in [-0.1, -0.05) is 22.0 Å². The number of pyridine rings is 1. The van der Waals surface area contributed by atoms with Gasteiger partial charge in [-0.2, -0.15) is 0 Å². The molecule has 0 spiro atoms. The monoisotopic (exact) mass is 582 g/mol. The van der Waals surface area contributed by atoms with E-state index in [9.17, 15) is 13.0 Å². The standard InChI is InChI=1S/C26H24BrN5O4S/c1-32(2,3)12-18(17-11-30-20-10-14(27)4-5-15(17)20)22-16-6-8-28-19-7-9-29-24(23(16)19)25-26(22)36-21(31-25)13-37(33,34)35/h4-11,18,28,30H,12-13H2,1-3H3/p+1/t18-/m0/s1. The molecule has 2 aromatic carbocycles. The van der Waals surface area contributed by atoms with Gasteiger partial charge in [-0.3, -0.25) is 0 Å². The molecular formula is C26H25BrN5O4S+. The van der Waals surface area contributed by atoms with Crippen molar-refractivity contribution in [1.82, 2.24) is 9.97 Å². The van der Waals surface area contributed by atoms with Crippen molar-refractivity contribution in [2.45, 2.75) is 11.7 Å². The minimum Gasteiger partial charge on any atom is -0.748 e. The lowest BCUT2D eigenvalue weighted by Gasteiger charge is -2.30. The summed E-state index contributed by atoms with van der Waals surface area (Å²) in [5, 5.41) is 5.32. The van der Waals surface area contributed by atoms with E-state index < -0.39 is 15.9 Å². The molecule has 0 unspecified atom stereocenters. The molecule has 3 N–H and O–H groups in total. The van der Waals surface area contributed by atoms with Crippen molar-refractivity contribution < 1.29 is 26.9 Å². The molecule has 11 heteroatoms. The Bertz CT molecular complexity index is 1850. The average molecular weight is 583 g/mol. The van der Waals surface area contributed by atoms with Gasteiger partial charge >= 0.3 is 0 Å². The maximum absolute atomic E-state index is 11.6. The summed E-state index contributed by atoms with van der Waals surface area (Å²) in [5.41, 5.74) is 6.56. The number of nitrogens with zero attached hydrogens (tertiary/aromatic N) is 2. The molecule has 1 aliphatic rings. The van der Waals surface area contributed by atoms with Gasteiger partial charge in [0.25, 0.3) is 0 Å². The first-order valence-electron chi connectivity index (χ1n) is 11.7. The van der Waals surface area contributed by atoms with Crippen LogP contribution >= 0.6 is 15.9 Å². The molecule has 0 saturated heterocycles. The molecule has 0 bridgehead atoms. The average Bonchev–Trinajstić information content (AvgIpc) is 3.40. The lowest BCUT2D eigenvalue weighted by atomic mass is 9.84. The van der Waals surface area contributed by atoms with E-state index in [1.165, 1.54) is 0 Å². The highest BCUT2D eigenvalue weighted by molar-refractivity contribution is 9.10. The Hall–Kier alpha value is -3.25. The van der Waals surface area contributed by atoms with Gasteiger partial charge in [0.05, 0.1) is 44.7 Å². The van der Waals surface area contributed by atoms with Crippen LogP contribution in [0.5, 0.6) is 0 Å². The highest BCUT2D eigenvalue weighted by atomic mass is 79.9. The van der Waals surface area contributed by atoms with Gasteiger partial charge in [-0.25, -0.2) is 18.4 Å². The minimum atomic E-state index is -4.58. The summed E-state index contributed by atoms with van der Waals surface area (Å²) in [4.78, 5) is 11.2. The maximum Gasteiger partial charge on any atom is 0.243 e. The van der Waals surface area contributed by atoms with E-state index in [-0.39, 0.29) is 11.8 Å². The Morgan fingerprint density at radius 2 is 2.05 bits per heavy atom. The Morgan fingerprint density at radius 1 is 1.24 bits per heavy atom. The number of aromatic nitrogens is 3. The van der Waals surface area contributed by atoms with Crippen LogP contribution in [0.1, 0.15) is 28.5 Å². The molecule has 0 fully saturated rings. The number of quaternary nitrogens is 1.